The molecule has 0 spiro atoms. The minimum Gasteiger partial charge on any atom is -0.387 e. The molecule has 0 saturated carbocycles. The molecule has 0 aliphatic rings. The lowest BCUT2D eigenvalue weighted by Gasteiger charge is -2.05. The number of carbonyl (C=O) groups excluding carboxylic acids is 1. The van der Waals surface area contributed by atoms with Gasteiger partial charge in [0.1, 0.15) is 5.69 Å². The fourth-order valence-electron chi connectivity index (χ4n) is 1.51. The van der Waals surface area contributed by atoms with Crippen LogP contribution in [0.5, 0.6) is 0 Å². The van der Waals surface area contributed by atoms with E-state index in [1.54, 1.807) is 23.6 Å². The van der Waals surface area contributed by atoms with Gasteiger partial charge in [-0.3, -0.25) is 4.79 Å². The Kier molecular flexibility index (Phi) is 3.94. The monoisotopic (exact) mass is 261 g/mol. The molecule has 0 fully saturated rings. The van der Waals surface area contributed by atoms with E-state index in [2.05, 4.69) is 15.6 Å². The van der Waals surface area contributed by atoms with Crippen LogP contribution in [0.25, 0.3) is 0 Å². The molecule has 2 rings (SSSR count). The van der Waals surface area contributed by atoms with Gasteiger partial charge in [0, 0.05) is 11.9 Å². The Morgan fingerprint density at radius 3 is 2.78 bits per heavy atom. The number of nitrogens with one attached hydrogen (secondary N) is 2. The van der Waals surface area contributed by atoms with Crippen molar-refractivity contribution in [3.8, 4) is 0 Å². The summed E-state index contributed by atoms with van der Waals surface area (Å²) in [6.07, 6.45) is 1.64. The molecule has 18 heavy (non-hydrogen) atoms. The van der Waals surface area contributed by atoms with Crippen LogP contribution in [0.2, 0.25) is 0 Å². The number of thiophene rings is 1. The number of pyridine rings is 1. The number of amides is 1. The lowest BCUT2D eigenvalue weighted by atomic mass is 10.3. The topological polar surface area (TPSA) is 54.0 Å². The zero-order valence-electron chi connectivity index (χ0n) is 10.4. The molecule has 4 nitrogen and oxygen atoms in total. The Morgan fingerprint density at radius 1 is 1.39 bits per heavy atom. The summed E-state index contributed by atoms with van der Waals surface area (Å²) in [5, 5.41) is 7.86. The van der Waals surface area contributed by atoms with Crippen LogP contribution in [-0.4, -0.2) is 17.9 Å². The lowest BCUT2D eigenvalue weighted by molar-refractivity contribution is 0.0946. The highest BCUT2D eigenvalue weighted by Gasteiger charge is 2.07. The van der Waals surface area contributed by atoms with Crippen LogP contribution in [0.15, 0.2) is 29.8 Å². The summed E-state index contributed by atoms with van der Waals surface area (Å²) in [6.45, 7) is 2.59. The quantitative estimate of drug-likeness (QED) is 0.888. The van der Waals surface area contributed by atoms with Gasteiger partial charge >= 0.3 is 0 Å². The summed E-state index contributed by atoms with van der Waals surface area (Å²) in [6, 6.07) is 5.59. The van der Waals surface area contributed by atoms with Gasteiger partial charge in [-0.15, -0.1) is 11.3 Å². The average molecular weight is 261 g/mol. The minimum absolute atomic E-state index is 0.148. The van der Waals surface area contributed by atoms with E-state index in [-0.39, 0.29) is 5.91 Å². The molecule has 5 heteroatoms. The molecule has 2 N–H and O–H groups in total. The van der Waals surface area contributed by atoms with Gasteiger partial charge in [0.25, 0.3) is 5.91 Å². The Morgan fingerprint density at radius 2 is 2.22 bits per heavy atom. The summed E-state index contributed by atoms with van der Waals surface area (Å²) in [4.78, 5) is 17.1. The highest BCUT2D eigenvalue weighted by Crippen LogP contribution is 2.15. The molecular weight excluding hydrogens is 246 g/mol. The summed E-state index contributed by atoms with van der Waals surface area (Å²) in [5.41, 5.74) is 2.53. The summed E-state index contributed by atoms with van der Waals surface area (Å²) >= 11 is 1.65. The van der Waals surface area contributed by atoms with Crippen molar-refractivity contribution < 1.29 is 4.79 Å². The molecule has 0 unspecified atom stereocenters. The Labute approximate surface area is 110 Å². The first-order valence-corrected chi connectivity index (χ1v) is 6.53. The number of aryl methyl sites for hydroxylation is 1. The van der Waals surface area contributed by atoms with E-state index in [0.29, 0.717) is 12.2 Å². The third kappa shape index (κ3) is 2.87. The van der Waals surface area contributed by atoms with Crippen molar-refractivity contribution in [3.63, 3.8) is 0 Å². The number of rotatable bonds is 4. The van der Waals surface area contributed by atoms with Crippen molar-refractivity contribution in [3.05, 3.63) is 45.9 Å². The van der Waals surface area contributed by atoms with Crippen molar-refractivity contribution in [1.82, 2.24) is 10.3 Å². The molecular formula is C13H15N3OS. The zero-order chi connectivity index (χ0) is 13.0. The van der Waals surface area contributed by atoms with Crippen molar-refractivity contribution in [2.45, 2.75) is 13.5 Å². The highest BCUT2D eigenvalue weighted by molar-refractivity contribution is 7.10. The minimum atomic E-state index is -0.148. The molecule has 2 aromatic heterocycles. The largest absolute Gasteiger partial charge is 0.387 e. The molecule has 0 saturated heterocycles. The van der Waals surface area contributed by atoms with E-state index in [9.17, 15) is 4.79 Å². The molecule has 0 aliphatic heterocycles. The van der Waals surface area contributed by atoms with E-state index in [1.165, 1.54) is 10.4 Å². The van der Waals surface area contributed by atoms with Crippen molar-refractivity contribution in [2.75, 3.05) is 12.4 Å². The molecule has 0 atom stereocenters. The van der Waals surface area contributed by atoms with Crippen LogP contribution in [0.3, 0.4) is 0 Å². The Balaban J connectivity index is 1.97. The van der Waals surface area contributed by atoms with E-state index in [4.69, 9.17) is 0 Å². The van der Waals surface area contributed by atoms with Gasteiger partial charge in [-0.05, 0) is 36.1 Å². The predicted octanol–water partition coefficient (Wildman–Crippen LogP) is 2.42. The van der Waals surface area contributed by atoms with Gasteiger partial charge < -0.3 is 10.6 Å². The molecule has 2 heterocycles. The summed E-state index contributed by atoms with van der Waals surface area (Å²) in [5.74, 6) is -0.148. The second-order valence-corrected chi connectivity index (χ2v) is 4.89. The summed E-state index contributed by atoms with van der Waals surface area (Å²) < 4.78 is 0. The maximum absolute atomic E-state index is 11.9. The maximum atomic E-state index is 11.9. The van der Waals surface area contributed by atoms with Crippen molar-refractivity contribution >= 4 is 22.9 Å². The zero-order valence-corrected chi connectivity index (χ0v) is 11.2. The predicted molar refractivity (Wildman–Crippen MR) is 74.0 cm³/mol. The van der Waals surface area contributed by atoms with Crippen LogP contribution in [0.1, 0.15) is 20.9 Å². The number of anilines is 1. The first kappa shape index (κ1) is 12.6. The van der Waals surface area contributed by atoms with E-state index in [0.717, 1.165) is 5.69 Å². The SMILES string of the molecule is CNc1ccc(C(=O)NCc2sccc2C)nc1. The van der Waals surface area contributed by atoms with Crippen LogP contribution in [0, 0.1) is 6.92 Å². The first-order valence-electron chi connectivity index (χ1n) is 5.65. The van der Waals surface area contributed by atoms with E-state index < -0.39 is 0 Å². The average Bonchev–Trinajstić information content (AvgIpc) is 2.81. The second kappa shape index (κ2) is 5.64. The van der Waals surface area contributed by atoms with E-state index >= 15 is 0 Å². The fraction of sp³-hybridized carbons (Fsp3) is 0.231. The van der Waals surface area contributed by atoms with Crippen LogP contribution in [-0.2, 0) is 6.54 Å². The van der Waals surface area contributed by atoms with Crippen molar-refractivity contribution in [2.24, 2.45) is 0 Å². The van der Waals surface area contributed by atoms with Gasteiger partial charge in [-0.25, -0.2) is 4.98 Å². The van der Waals surface area contributed by atoms with Gasteiger partial charge in [-0.2, -0.15) is 0 Å². The van der Waals surface area contributed by atoms with Crippen molar-refractivity contribution in [1.29, 1.82) is 0 Å². The lowest BCUT2D eigenvalue weighted by Crippen LogP contribution is -2.23. The van der Waals surface area contributed by atoms with Crippen LogP contribution < -0.4 is 10.6 Å². The normalized spacial score (nSPS) is 10.1. The van der Waals surface area contributed by atoms with Gasteiger partial charge in [0.2, 0.25) is 0 Å². The highest BCUT2D eigenvalue weighted by atomic mass is 32.1. The third-order valence-electron chi connectivity index (χ3n) is 2.66. The van der Waals surface area contributed by atoms with Gasteiger partial charge in [-0.1, -0.05) is 0 Å². The van der Waals surface area contributed by atoms with E-state index in [1.807, 2.05) is 31.5 Å². The smallest absolute Gasteiger partial charge is 0.270 e. The second-order valence-electron chi connectivity index (χ2n) is 3.89. The third-order valence-corrected chi connectivity index (χ3v) is 3.69. The number of carbonyl (C=O) groups is 1. The molecule has 94 valence electrons. The Bertz CT molecular complexity index is 533. The molecule has 0 bridgehead atoms. The number of hydrogen-bond donors (Lipinski definition) is 2. The number of hydrogen-bond acceptors (Lipinski definition) is 4. The first-order chi connectivity index (χ1) is 8.70. The maximum Gasteiger partial charge on any atom is 0.270 e. The molecule has 0 aromatic carbocycles. The number of aromatic nitrogens is 1. The van der Waals surface area contributed by atoms with Crippen LogP contribution >= 0.6 is 11.3 Å². The van der Waals surface area contributed by atoms with Gasteiger partial charge in [0.05, 0.1) is 18.4 Å². The molecule has 2 aromatic rings. The fourth-order valence-corrected chi connectivity index (χ4v) is 2.36. The van der Waals surface area contributed by atoms with Crippen LogP contribution in [0.4, 0.5) is 5.69 Å². The van der Waals surface area contributed by atoms with Gasteiger partial charge in [0.15, 0.2) is 0 Å². The molecule has 1 amide bonds. The summed E-state index contributed by atoms with van der Waals surface area (Å²) in [7, 11) is 1.82. The molecule has 0 aliphatic carbocycles. The standard InChI is InChI=1S/C13H15N3OS/c1-9-5-6-18-12(9)8-16-13(17)11-4-3-10(14-2)7-15-11/h3-7,14H,8H2,1-2H3,(H,16,17). The molecule has 0 radical (unpaired) electrons. The number of nitrogens with zero attached hydrogens (tertiary/aromatic N) is 1. The Hall–Kier alpha value is -1.88.